The van der Waals surface area contributed by atoms with Gasteiger partial charge in [-0.05, 0) is 6.07 Å². The number of halogens is 3. The van der Waals surface area contributed by atoms with Crippen LogP contribution in [0.25, 0.3) is 0 Å². The van der Waals surface area contributed by atoms with Gasteiger partial charge in [0.15, 0.2) is 0 Å². The molecule has 0 aromatic carbocycles. The first-order valence-corrected chi connectivity index (χ1v) is 6.50. The first-order chi connectivity index (χ1) is 8.48. The molecule has 8 heteroatoms. The minimum absolute atomic E-state index is 0.485. The summed E-state index contributed by atoms with van der Waals surface area (Å²) >= 11 is 16.7. The molecule has 5 nitrogen and oxygen atoms in total. The molecule has 1 saturated heterocycles. The third kappa shape index (κ3) is 3.16. The van der Waals surface area contributed by atoms with Gasteiger partial charge in [-0.1, -0.05) is 34.8 Å². The monoisotopic (exact) mass is 308 g/mol. The van der Waals surface area contributed by atoms with Crippen LogP contribution in [-0.2, 0) is 4.79 Å². The third-order valence-corrected chi connectivity index (χ3v) is 3.13. The van der Waals surface area contributed by atoms with Crippen molar-refractivity contribution in [2.24, 2.45) is 0 Å². The van der Waals surface area contributed by atoms with Crippen molar-refractivity contribution in [3.05, 3.63) is 18.5 Å². The lowest BCUT2D eigenvalue weighted by Gasteiger charge is -2.35. The molecular formula is C10H11Cl3N4O. The Bertz CT molecular complexity index is 415. The molecule has 0 N–H and O–H groups in total. The van der Waals surface area contributed by atoms with Crippen LogP contribution >= 0.6 is 34.8 Å². The van der Waals surface area contributed by atoms with Crippen LogP contribution in [-0.4, -0.2) is 50.7 Å². The smallest absolute Gasteiger partial charge is 0.274 e. The van der Waals surface area contributed by atoms with Gasteiger partial charge < -0.3 is 9.80 Å². The van der Waals surface area contributed by atoms with E-state index in [4.69, 9.17) is 34.8 Å². The normalized spacial score (nSPS) is 16.8. The number of aromatic nitrogens is 2. The van der Waals surface area contributed by atoms with E-state index in [1.807, 2.05) is 4.90 Å². The number of hydrogen-bond acceptors (Lipinski definition) is 4. The molecule has 1 aliphatic rings. The van der Waals surface area contributed by atoms with Crippen molar-refractivity contribution in [3.8, 4) is 0 Å². The highest BCUT2D eigenvalue weighted by Gasteiger charge is 2.36. The topological polar surface area (TPSA) is 49.3 Å². The van der Waals surface area contributed by atoms with E-state index in [9.17, 15) is 4.79 Å². The fourth-order valence-corrected chi connectivity index (χ4v) is 2.10. The quantitative estimate of drug-likeness (QED) is 0.738. The fourth-order valence-electron chi connectivity index (χ4n) is 1.74. The van der Waals surface area contributed by atoms with Crippen molar-refractivity contribution in [2.75, 3.05) is 31.1 Å². The number of carbonyl (C=O) groups excluding carboxylic acids is 1. The number of carbonyl (C=O) groups is 1. The summed E-state index contributed by atoms with van der Waals surface area (Å²) in [6, 6.07) is 1.76. The zero-order chi connectivity index (χ0) is 13.2. The minimum atomic E-state index is -1.88. The molecule has 0 bridgehead atoms. The molecule has 0 saturated carbocycles. The highest BCUT2D eigenvalue weighted by Crippen LogP contribution is 2.29. The largest absolute Gasteiger partial charge is 0.337 e. The lowest BCUT2D eigenvalue weighted by atomic mass is 10.3. The molecule has 0 radical (unpaired) electrons. The first-order valence-electron chi connectivity index (χ1n) is 5.36. The van der Waals surface area contributed by atoms with Crippen molar-refractivity contribution >= 4 is 46.7 Å². The Morgan fingerprint density at radius 2 is 1.67 bits per heavy atom. The minimum Gasteiger partial charge on any atom is -0.337 e. The van der Waals surface area contributed by atoms with Gasteiger partial charge in [0.25, 0.3) is 9.70 Å². The second-order valence-corrected chi connectivity index (χ2v) is 6.11. The lowest BCUT2D eigenvalue weighted by Crippen LogP contribution is -2.52. The van der Waals surface area contributed by atoms with Crippen LogP contribution in [0.2, 0.25) is 0 Å². The van der Waals surface area contributed by atoms with Crippen molar-refractivity contribution < 1.29 is 4.79 Å². The number of anilines is 1. The predicted molar refractivity (Wildman–Crippen MR) is 71.1 cm³/mol. The Kier molecular flexibility index (Phi) is 4.14. The molecule has 1 amide bonds. The maximum atomic E-state index is 11.7. The van der Waals surface area contributed by atoms with Crippen LogP contribution in [0.5, 0.6) is 0 Å². The van der Waals surface area contributed by atoms with E-state index in [0.717, 1.165) is 0 Å². The van der Waals surface area contributed by atoms with E-state index in [0.29, 0.717) is 32.1 Å². The standard InChI is InChI=1S/C10H11Cl3N4O/c11-10(12,13)8(18)16-4-6-17(7-5-16)9-14-2-1-3-15-9/h1-3H,4-7H2. The van der Waals surface area contributed by atoms with Gasteiger partial charge in [-0.2, -0.15) is 0 Å². The summed E-state index contributed by atoms with van der Waals surface area (Å²) in [5, 5.41) is 0. The Balaban J connectivity index is 1.95. The van der Waals surface area contributed by atoms with Gasteiger partial charge in [-0.15, -0.1) is 0 Å². The molecule has 0 unspecified atom stereocenters. The SMILES string of the molecule is O=C(N1CCN(c2ncccn2)CC1)C(Cl)(Cl)Cl. The zero-order valence-electron chi connectivity index (χ0n) is 9.39. The van der Waals surface area contributed by atoms with Crippen molar-refractivity contribution in [2.45, 2.75) is 3.79 Å². The maximum absolute atomic E-state index is 11.7. The van der Waals surface area contributed by atoms with E-state index >= 15 is 0 Å². The molecule has 2 rings (SSSR count). The van der Waals surface area contributed by atoms with E-state index < -0.39 is 9.70 Å². The van der Waals surface area contributed by atoms with Crippen LogP contribution in [0, 0.1) is 0 Å². The highest BCUT2D eigenvalue weighted by molar-refractivity contribution is 6.76. The Labute approximate surface area is 120 Å². The zero-order valence-corrected chi connectivity index (χ0v) is 11.7. The molecule has 0 aliphatic carbocycles. The number of rotatable bonds is 1. The molecule has 1 fully saturated rings. The number of hydrogen-bond donors (Lipinski definition) is 0. The van der Waals surface area contributed by atoms with E-state index in [1.165, 1.54) is 4.90 Å². The predicted octanol–water partition coefficient (Wildman–Crippen LogP) is 1.50. The van der Waals surface area contributed by atoms with Crippen LogP contribution in [0.3, 0.4) is 0 Å². The molecule has 1 aromatic rings. The fraction of sp³-hybridized carbons (Fsp3) is 0.500. The van der Waals surface area contributed by atoms with Gasteiger partial charge in [0.05, 0.1) is 0 Å². The summed E-state index contributed by atoms with van der Waals surface area (Å²) in [5.41, 5.74) is 0. The molecule has 0 atom stereocenters. The Morgan fingerprint density at radius 1 is 1.11 bits per heavy atom. The van der Waals surface area contributed by atoms with Gasteiger partial charge in [-0.25, -0.2) is 9.97 Å². The Morgan fingerprint density at radius 3 is 2.17 bits per heavy atom. The van der Waals surface area contributed by atoms with E-state index in [1.54, 1.807) is 18.5 Å². The maximum Gasteiger partial charge on any atom is 0.274 e. The molecule has 1 aliphatic heterocycles. The summed E-state index contributed by atoms with van der Waals surface area (Å²) in [6.07, 6.45) is 3.36. The number of piperazine rings is 1. The summed E-state index contributed by atoms with van der Waals surface area (Å²) in [7, 11) is 0. The van der Waals surface area contributed by atoms with Crippen LogP contribution in [0.4, 0.5) is 5.95 Å². The van der Waals surface area contributed by atoms with Crippen LogP contribution in [0.1, 0.15) is 0 Å². The van der Waals surface area contributed by atoms with Gasteiger partial charge in [0.1, 0.15) is 0 Å². The molecule has 98 valence electrons. The van der Waals surface area contributed by atoms with Crippen LogP contribution < -0.4 is 4.90 Å². The van der Waals surface area contributed by atoms with Gasteiger partial charge in [0.2, 0.25) is 5.95 Å². The number of nitrogens with zero attached hydrogens (tertiary/aromatic N) is 4. The van der Waals surface area contributed by atoms with Crippen LogP contribution in [0.15, 0.2) is 18.5 Å². The summed E-state index contributed by atoms with van der Waals surface area (Å²) in [6.45, 7) is 2.23. The summed E-state index contributed by atoms with van der Waals surface area (Å²) < 4.78 is -1.88. The molecular weight excluding hydrogens is 298 g/mol. The first kappa shape index (κ1) is 13.6. The van der Waals surface area contributed by atoms with Crippen molar-refractivity contribution in [3.63, 3.8) is 0 Å². The second kappa shape index (κ2) is 5.47. The molecule has 1 aromatic heterocycles. The van der Waals surface area contributed by atoms with Crippen molar-refractivity contribution in [1.29, 1.82) is 0 Å². The van der Waals surface area contributed by atoms with Gasteiger partial charge in [0, 0.05) is 38.6 Å². The number of alkyl halides is 3. The average Bonchev–Trinajstić information content (AvgIpc) is 2.38. The lowest BCUT2D eigenvalue weighted by molar-refractivity contribution is -0.130. The number of amides is 1. The molecule has 2 heterocycles. The molecule has 0 spiro atoms. The average molecular weight is 310 g/mol. The van der Waals surface area contributed by atoms with E-state index in [-0.39, 0.29) is 0 Å². The third-order valence-electron chi connectivity index (χ3n) is 2.64. The highest BCUT2D eigenvalue weighted by atomic mass is 35.6. The summed E-state index contributed by atoms with van der Waals surface area (Å²) in [5.74, 6) is 0.166. The summed E-state index contributed by atoms with van der Waals surface area (Å²) in [4.78, 5) is 23.6. The van der Waals surface area contributed by atoms with Gasteiger partial charge >= 0.3 is 0 Å². The molecule has 18 heavy (non-hydrogen) atoms. The van der Waals surface area contributed by atoms with Gasteiger partial charge in [-0.3, -0.25) is 4.79 Å². The van der Waals surface area contributed by atoms with E-state index in [2.05, 4.69) is 9.97 Å². The second-order valence-electron chi connectivity index (χ2n) is 3.83. The Hall–Kier alpha value is -0.780. The van der Waals surface area contributed by atoms with Crippen molar-refractivity contribution in [1.82, 2.24) is 14.9 Å².